The predicted octanol–water partition coefficient (Wildman–Crippen LogP) is 4.07. The third-order valence-electron chi connectivity index (χ3n) is 3.25. The van der Waals surface area contributed by atoms with E-state index in [1.54, 1.807) is 0 Å². The van der Waals surface area contributed by atoms with E-state index < -0.39 is 0 Å². The van der Waals surface area contributed by atoms with Crippen LogP contribution in [-0.2, 0) is 9.57 Å². The van der Waals surface area contributed by atoms with Gasteiger partial charge in [0.05, 0.1) is 25.5 Å². The van der Waals surface area contributed by atoms with Crippen LogP contribution in [0.2, 0.25) is 0 Å². The Balaban J connectivity index is 2.38. The smallest absolute Gasteiger partial charge is 0.125 e. The molecule has 0 fully saturated rings. The van der Waals surface area contributed by atoms with Crippen molar-refractivity contribution < 1.29 is 19.0 Å². The van der Waals surface area contributed by atoms with E-state index in [1.807, 2.05) is 52.0 Å². The van der Waals surface area contributed by atoms with Crippen LogP contribution in [0.5, 0.6) is 11.5 Å². The summed E-state index contributed by atoms with van der Waals surface area (Å²) in [6, 6.07) is 4.01. The first-order chi connectivity index (χ1) is 11.6. The minimum Gasteiger partial charge on any atom is -0.493 e. The first-order valence-electron chi connectivity index (χ1n) is 8.20. The highest BCUT2D eigenvalue weighted by molar-refractivity contribution is 5.82. The summed E-state index contributed by atoms with van der Waals surface area (Å²) in [5.41, 5.74) is 2.97. The highest BCUT2D eigenvalue weighted by Gasteiger charge is 2.07. The molecule has 0 radical (unpaired) electrons. The van der Waals surface area contributed by atoms with E-state index in [4.69, 9.17) is 14.2 Å². The summed E-state index contributed by atoms with van der Waals surface area (Å²) in [4.78, 5) is 4.68. The second-order valence-electron chi connectivity index (χ2n) is 5.53. The molecule has 1 aromatic rings. The fourth-order valence-corrected chi connectivity index (χ4v) is 2.20. The van der Waals surface area contributed by atoms with E-state index in [0.717, 1.165) is 34.8 Å². The molecule has 0 aliphatic carbocycles. The van der Waals surface area contributed by atoms with Gasteiger partial charge in [-0.25, -0.2) is 0 Å². The van der Waals surface area contributed by atoms with Crippen molar-refractivity contribution in [2.75, 3.05) is 33.5 Å². The second-order valence-corrected chi connectivity index (χ2v) is 5.53. The summed E-state index contributed by atoms with van der Waals surface area (Å²) < 4.78 is 17.1. The largest absolute Gasteiger partial charge is 0.493 e. The number of oxime groups is 1. The summed E-state index contributed by atoms with van der Waals surface area (Å²) in [5, 5.41) is 3.79. The van der Waals surface area contributed by atoms with Crippen molar-refractivity contribution in [3.8, 4) is 11.5 Å². The van der Waals surface area contributed by atoms with Crippen molar-refractivity contribution >= 4 is 5.71 Å². The fraction of sp³-hybridized carbons (Fsp3) is 0.526. The number of ether oxygens (including phenoxy) is 3. The van der Waals surface area contributed by atoms with Gasteiger partial charge in [0, 0.05) is 6.42 Å². The van der Waals surface area contributed by atoms with Crippen LogP contribution in [0, 0.1) is 13.8 Å². The number of benzene rings is 1. The minimum absolute atomic E-state index is 0.476. The van der Waals surface area contributed by atoms with Gasteiger partial charge in [-0.05, 0) is 51.0 Å². The summed E-state index contributed by atoms with van der Waals surface area (Å²) in [7, 11) is 1.53. The monoisotopic (exact) mass is 335 g/mol. The Hall–Kier alpha value is -2.01. The summed E-state index contributed by atoms with van der Waals surface area (Å²) in [5.74, 6) is 1.79. The lowest BCUT2D eigenvalue weighted by molar-refractivity contribution is 0.145. The third kappa shape index (κ3) is 7.51. The Bertz CT molecular complexity index is 529. The SMILES string of the molecule is C/C=C/COc1cc(C)c(OCCCOC/C(C)=N/OC)c(C)c1. The lowest BCUT2D eigenvalue weighted by atomic mass is 10.1. The van der Waals surface area contributed by atoms with Gasteiger partial charge < -0.3 is 19.0 Å². The molecular formula is C19H29NO4. The van der Waals surface area contributed by atoms with E-state index >= 15 is 0 Å². The lowest BCUT2D eigenvalue weighted by Crippen LogP contribution is -2.09. The molecule has 0 unspecified atom stereocenters. The van der Waals surface area contributed by atoms with Gasteiger partial charge >= 0.3 is 0 Å². The average Bonchev–Trinajstić information content (AvgIpc) is 2.53. The highest BCUT2D eigenvalue weighted by atomic mass is 16.6. The van der Waals surface area contributed by atoms with Crippen LogP contribution in [0.25, 0.3) is 0 Å². The second kappa shape index (κ2) is 11.5. The first-order valence-corrected chi connectivity index (χ1v) is 8.20. The molecule has 5 nitrogen and oxygen atoms in total. The van der Waals surface area contributed by atoms with Crippen molar-refractivity contribution in [2.45, 2.75) is 34.1 Å². The molecule has 134 valence electrons. The van der Waals surface area contributed by atoms with E-state index in [0.29, 0.717) is 26.4 Å². The van der Waals surface area contributed by atoms with Crippen LogP contribution >= 0.6 is 0 Å². The number of rotatable bonds is 11. The molecule has 0 aliphatic rings. The molecule has 0 saturated carbocycles. The Labute approximate surface area is 145 Å². The fourth-order valence-electron chi connectivity index (χ4n) is 2.20. The molecule has 5 heteroatoms. The topological polar surface area (TPSA) is 49.3 Å². The molecule has 1 aromatic carbocycles. The van der Waals surface area contributed by atoms with Crippen LogP contribution in [0.15, 0.2) is 29.4 Å². The Morgan fingerprint density at radius 1 is 1.12 bits per heavy atom. The van der Waals surface area contributed by atoms with Crippen LogP contribution < -0.4 is 9.47 Å². The average molecular weight is 335 g/mol. The van der Waals surface area contributed by atoms with Gasteiger partial charge in [0.15, 0.2) is 0 Å². The van der Waals surface area contributed by atoms with Crippen LogP contribution in [0.4, 0.5) is 0 Å². The maximum Gasteiger partial charge on any atom is 0.125 e. The molecular weight excluding hydrogens is 306 g/mol. The number of allylic oxidation sites excluding steroid dienone is 1. The minimum atomic E-state index is 0.476. The molecule has 0 spiro atoms. The molecule has 0 heterocycles. The molecule has 0 atom stereocenters. The highest BCUT2D eigenvalue weighted by Crippen LogP contribution is 2.28. The van der Waals surface area contributed by atoms with Crippen molar-refractivity contribution in [1.29, 1.82) is 0 Å². The molecule has 0 amide bonds. The van der Waals surface area contributed by atoms with Crippen molar-refractivity contribution in [2.24, 2.45) is 5.16 Å². The first kappa shape index (κ1) is 20.0. The van der Waals surface area contributed by atoms with Gasteiger partial charge in [0.25, 0.3) is 0 Å². The molecule has 1 rings (SSSR count). The third-order valence-corrected chi connectivity index (χ3v) is 3.25. The molecule has 0 N–H and O–H groups in total. The summed E-state index contributed by atoms with van der Waals surface area (Å²) in [6.07, 6.45) is 4.77. The normalized spacial score (nSPS) is 11.8. The van der Waals surface area contributed by atoms with Gasteiger partial charge in [-0.15, -0.1) is 0 Å². The maximum atomic E-state index is 5.90. The molecule has 0 saturated heterocycles. The van der Waals surface area contributed by atoms with Crippen molar-refractivity contribution in [3.05, 3.63) is 35.4 Å². The molecule has 0 bridgehead atoms. The van der Waals surface area contributed by atoms with Gasteiger partial charge in [0.2, 0.25) is 0 Å². The van der Waals surface area contributed by atoms with Crippen molar-refractivity contribution in [1.82, 2.24) is 0 Å². The Kier molecular flexibility index (Phi) is 9.61. The summed E-state index contributed by atoms with van der Waals surface area (Å²) >= 11 is 0. The molecule has 0 aliphatic heterocycles. The van der Waals surface area contributed by atoms with Crippen molar-refractivity contribution in [3.63, 3.8) is 0 Å². The number of hydrogen-bond donors (Lipinski definition) is 0. The zero-order valence-corrected chi connectivity index (χ0v) is 15.4. The number of nitrogens with zero attached hydrogens (tertiary/aromatic N) is 1. The van der Waals surface area contributed by atoms with Crippen LogP contribution in [0.3, 0.4) is 0 Å². The molecule has 0 aromatic heterocycles. The Morgan fingerprint density at radius 3 is 2.46 bits per heavy atom. The van der Waals surface area contributed by atoms with Gasteiger partial charge in [0.1, 0.15) is 25.2 Å². The van der Waals surface area contributed by atoms with Gasteiger partial charge in [-0.3, -0.25) is 0 Å². The van der Waals surface area contributed by atoms with Crippen LogP contribution in [-0.4, -0.2) is 39.2 Å². The van der Waals surface area contributed by atoms with E-state index in [9.17, 15) is 0 Å². The van der Waals surface area contributed by atoms with E-state index in [2.05, 4.69) is 9.99 Å². The predicted molar refractivity (Wildman–Crippen MR) is 97.3 cm³/mol. The maximum absolute atomic E-state index is 5.90. The zero-order chi connectivity index (χ0) is 17.8. The van der Waals surface area contributed by atoms with Crippen LogP contribution in [0.1, 0.15) is 31.4 Å². The number of aryl methyl sites for hydroxylation is 2. The summed E-state index contributed by atoms with van der Waals surface area (Å²) in [6.45, 7) is 10.2. The van der Waals surface area contributed by atoms with Gasteiger partial charge in [-0.1, -0.05) is 17.3 Å². The molecule has 24 heavy (non-hydrogen) atoms. The number of hydrogen-bond acceptors (Lipinski definition) is 5. The zero-order valence-electron chi connectivity index (χ0n) is 15.4. The van der Waals surface area contributed by atoms with E-state index in [-0.39, 0.29) is 0 Å². The quantitative estimate of drug-likeness (QED) is 0.265. The Morgan fingerprint density at radius 2 is 1.83 bits per heavy atom. The standard InChI is InChI=1S/C19H29NO4/c1-6-7-10-23-18-12-15(2)19(16(3)13-18)24-11-8-9-22-14-17(4)20-21-5/h6-7,12-13H,8-11,14H2,1-5H3/b7-6+,20-17+. The van der Waals surface area contributed by atoms with Gasteiger partial charge in [-0.2, -0.15) is 0 Å². The lowest BCUT2D eigenvalue weighted by Gasteiger charge is -2.14. The van der Waals surface area contributed by atoms with E-state index in [1.165, 1.54) is 7.11 Å².